The van der Waals surface area contributed by atoms with Crippen molar-refractivity contribution in [1.29, 1.82) is 0 Å². The van der Waals surface area contributed by atoms with Crippen LogP contribution < -0.4 is 10.4 Å². The van der Waals surface area contributed by atoms with Gasteiger partial charge in [-0.25, -0.2) is 4.79 Å². The van der Waals surface area contributed by atoms with Crippen LogP contribution in [0.25, 0.3) is 11.0 Å². The number of hydrogen-bond donors (Lipinski definition) is 0. The highest BCUT2D eigenvalue weighted by Crippen LogP contribution is 2.24. The molecule has 0 aliphatic carbocycles. The van der Waals surface area contributed by atoms with E-state index < -0.39 is 5.63 Å². The molecule has 0 saturated carbocycles. The molecule has 1 aromatic carbocycles. The summed E-state index contributed by atoms with van der Waals surface area (Å²) in [7, 11) is 0. The van der Waals surface area contributed by atoms with Gasteiger partial charge in [-0.2, -0.15) is 0 Å². The van der Waals surface area contributed by atoms with E-state index in [9.17, 15) is 4.79 Å². The third-order valence-corrected chi connectivity index (χ3v) is 2.13. The molecule has 0 saturated heterocycles. The summed E-state index contributed by atoms with van der Waals surface area (Å²) >= 11 is 0. The van der Waals surface area contributed by atoms with Crippen LogP contribution in [-0.2, 0) is 0 Å². The largest absolute Gasteiger partial charge is 0.422 e. The van der Waals surface area contributed by atoms with Crippen LogP contribution >= 0.6 is 0 Å². The molecule has 0 aliphatic rings. The van der Waals surface area contributed by atoms with Crippen LogP contribution in [0.1, 0.15) is 12.5 Å². The summed E-state index contributed by atoms with van der Waals surface area (Å²) in [5, 5.41) is 0.743. The van der Waals surface area contributed by atoms with E-state index in [-0.39, 0.29) is 0 Å². The van der Waals surface area contributed by atoms with Gasteiger partial charge in [0.15, 0.2) is 5.75 Å². The summed E-state index contributed by atoms with van der Waals surface area (Å²) in [5.41, 5.74) is 1.10. The van der Waals surface area contributed by atoms with Gasteiger partial charge in [-0.3, -0.25) is 0 Å². The molecule has 3 nitrogen and oxygen atoms in total. The number of aryl methyl sites for hydroxylation is 1. The number of hydrogen-bond acceptors (Lipinski definition) is 3. The lowest BCUT2D eigenvalue weighted by molar-refractivity contribution is 0.503. The first-order valence-corrected chi connectivity index (χ1v) is 4.84. The Morgan fingerprint density at radius 1 is 1.31 bits per heavy atom. The van der Waals surface area contributed by atoms with Crippen LogP contribution in [0, 0.1) is 19.0 Å². The molecule has 2 rings (SSSR count). The van der Waals surface area contributed by atoms with E-state index in [1.54, 1.807) is 13.0 Å². The van der Waals surface area contributed by atoms with Crippen molar-refractivity contribution in [1.82, 2.24) is 0 Å². The molecule has 0 spiro atoms. The van der Waals surface area contributed by atoms with Gasteiger partial charge >= 0.3 is 5.63 Å². The zero-order chi connectivity index (χ0) is 11.5. The van der Waals surface area contributed by atoms with Gasteiger partial charge in [-0.05, 0) is 24.6 Å². The Balaban J connectivity index is 2.70. The average Bonchev–Trinajstić information content (AvgIpc) is 2.25. The molecule has 80 valence electrons. The predicted octanol–water partition coefficient (Wildman–Crippen LogP) is 2.46. The third-order valence-electron chi connectivity index (χ3n) is 2.13. The molecular weight excluding hydrogens is 204 g/mol. The molecule has 0 unspecified atom stereocenters. The molecule has 0 radical (unpaired) electrons. The number of ether oxygens (including phenoxy) is 1. The van der Waals surface area contributed by atoms with Crippen LogP contribution in [0.5, 0.6) is 5.75 Å². The summed E-state index contributed by atoms with van der Waals surface area (Å²) in [5.74, 6) is 3.04. The van der Waals surface area contributed by atoms with Crippen molar-refractivity contribution >= 4 is 11.0 Å². The molecule has 2 aromatic rings. The molecule has 0 atom stereocenters. The fourth-order valence-electron chi connectivity index (χ4n) is 1.43. The van der Waals surface area contributed by atoms with Gasteiger partial charge in [0.1, 0.15) is 11.7 Å². The van der Waals surface area contributed by atoms with E-state index in [2.05, 4.69) is 12.0 Å². The maximum absolute atomic E-state index is 11.3. The molecule has 16 heavy (non-hydrogen) atoms. The Morgan fingerprint density at radius 3 is 2.88 bits per heavy atom. The van der Waals surface area contributed by atoms with Crippen LogP contribution in [-0.4, -0.2) is 0 Å². The molecular formula is C13H10O3. The number of rotatable bonds is 1. The van der Waals surface area contributed by atoms with Gasteiger partial charge in [-0.15, -0.1) is 0 Å². The average molecular weight is 214 g/mol. The highest BCUT2D eigenvalue weighted by molar-refractivity contribution is 5.83. The molecule has 0 bridgehead atoms. The summed E-state index contributed by atoms with van der Waals surface area (Å²) in [6.45, 7) is 3.59. The summed E-state index contributed by atoms with van der Waals surface area (Å²) in [4.78, 5) is 11.3. The first-order valence-electron chi connectivity index (χ1n) is 4.84. The SMILES string of the molecule is CC#COc1cc(=O)oc2cc(C)ccc12. The highest BCUT2D eigenvalue weighted by atomic mass is 16.5. The second kappa shape index (κ2) is 4.11. The zero-order valence-electron chi connectivity index (χ0n) is 9.03. The lowest BCUT2D eigenvalue weighted by Gasteiger charge is -2.02. The van der Waals surface area contributed by atoms with E-state index in [1.165, 1.54) is 6.07 Å². The predicted molar refractivity (Wildman–Crippen MR) is 61.3 cm³/mol. The second-order valence-corrected chi connectivity index (χ2v) is 3.38. The minimum atomic E-state index is -0.439. The fourth-order valence-corrected chi connectivity index (χ4v) is 1.43. The van der Waals surface area contributed by atoms with Crippen molar-refractivity contribution in [2.45, 2.75) is 13.8 Å². The van der Waals surface area contributed by atoms with E-state index in [0.29, 0.717) is 11.3 Å². The summed E-state index contributed by atoms with van der Waals surface area (Å²) in [6.07, 6.45) is 2.47. The standard InChI is InChI=1S/C13H10O3/c1-3-6-15-11-8-13(14)16-12-7-9(2)4-5-10(11)12/h4-5,7-8H,1-2H3. The van der Waals surface area contributed by atoms with Crippen molar-refractivity contribution in [2.75, 3.05) is 0 Å². The van der Waals surface area contributed by atoms with Crippen molar-refractivity contribution in [3.63, 3.8) is 0 Å². The van der Waals surface area contributed by atoms with Crippen LogP contribution in [0.4, 0.5) is 0 Å². The van der Waals surface area contributed by atoms with Gasteiger partial charge in [0.2, 0.25) is 0 Å². The van der Waals surface area contributed by atoms with E-state index in [4.69, 9.17) is 9.15 Å². The number of benzene rings is 1. The van der Waals surface area contributed by atoms with Crippen molar-refractivity contribution < 1.29 is 9.15 Å². The van der Waals surface area contributed by atoms with Crippen molar-refractivity contribution in [3.8, 4) is 17.8 Å². The van der Waals surface area contributed by atoms with Crippen LogP contribution in [0.3, 0.4) is 0 Å². The first kappa shape index (κ1) is 10.3. The Hall–Kier alpha value is -2.21. The molecule has 1 heterocycles. The third kappa shape index (κ3) is 1.91. The quantitative estimate of drug-likeness (QED) is 0.540. The topological polar surface area (TPSA) is 39.4 Å². The van der Waals surface area contributed by atoms with Crippen LogP contribution in [0.15, 0.2) is 33.5 Å². The zero-order valence-corrected chi connectivity index (χ0v) is 9.03. The van der Waals surface area contributed by atoms with Gasteiger partial charge in [0, 0.05) is 6.92 Å². The van der Waals surface area contributed by atoms with Gasteiger partial charge in [0.05, 0.1) is 11.5 Å². The molecule has 0 N–H and O–H groups in total. The lowest BCUT2D eigenvalue weighted by Crippen LogP contribution is -1.98. The molecule has 0 amide bonds. The van der Waals surface area contributed by atoms with Crippen LogP contribution in [0.2, 0.25) is 0 Å². The van der Waals surface area contributed by atoms with Gasteiger partial charge in [-0.1, -0.05) is 12.0 Å². The monoisotopic (exact) mass is 214 g/mol. The van der Waals surface area contributed by atoms with Gasteiger partial charge in [0.25, 0.3) is 0 Å². The molecule has 0 fully saturated rings. The molecule has 3 heteroatoms. The smallest absolute Gasteiger partial charge is 0.340 e. The first-order chi connectivity index (χ1) is 7.70. The normalized spacial score (nSPS) is 9.62. The minimum absolute atomic E-state index is 0.431. The second-order valence-electron chi connectivity index (χ2n) is 3.38. The van der Waals surface area contributed by atoms with E-state index >= 15 is 0 Å². The van der Waals surface area contributed by atoms with Crippen molar-refractivity contribution in [3.05, 3.63) is 40.2 Å². The summed E-state index contributed by atoms with van der Waals surface area (Å²) in [6, 6.07) is 6.86. The summed E-state index contributed by atoms with van der Waals surface area (Å²) < 4.78 is 10.2. The van der Waals surface area contributed by atoms with Gasteiger partial charge < -0.3 is 9.15 Å². The molecule has 1 aromatic heterocycles. The van der Waals surface area contributed by atoms with Crippen molar-refractivity contribution in [2.24, 2.45) is 0 Å². The highest BCUT2D eigenvalue weighted by Gasteiger charge is 2.06. The van der Waals surface area contributed by atoms with E-state index in [1.807, 2.05) is 19.1 Å². The lowest BCUT2D eigenvalue weighted by atomic mass is 10.1. The number of fused-ring (bicyclic) bond motifs is 1. The van der Waals surface area contributed by atoms with E-state index in [0.717, 1.165) is 10.9 Å². The maximum Gasteiger partial charge on any atom is 0.340 e. The Morgan fingerprint density at radius 2 is 2.12 bits per heavy atom. The molecule has 0 aliphatic heterocycles. The maximum atomic E-state index is 11.3. The Labute approximate surface area is 92.7 Å². The Kier molecular flexibility index (Phi) is 2.65. The fraction of sp³-hybridized carbons (Fsp3) is 0.154. The minimum Gasteiger partial charge on any atom is -0.422 e. The Bertz CT molecular complexity index is 642.